The van der Waals surface area contributed by atoms with Crippen molar-refractivity contribution < 1.29 is 0 Å². The van der Waals surface area contributed by atoms with Crippen molar-refractivity contribution in [2.45, 2.75) is 32.7 Å². The highest BCUT2D eigenvalue weighted by Gasteiger charge is 2.11. The molecular weight excluding hydrogens is 236 g/mol. The van der Waals surface area contributed by atoms with Crippen LogP contribution in [0.2, 0.25) is 0 Å². The third-order valence-electron chi connectivity index (χ3n) is 3.25. The first-order chi connectivity index (χ1) is 9.19. The van der Waals surface area contributed by atoms with Crippen LogP contribution in [0.1, 0.15) is 36.2 Å². The van der Waals surface area contributed by atoms with Gasteiger partial charge in [-0.2, -0.15) is 5.10 Å². The number of aromatic nitrogens is 3. The lowest BCUT2D eigenvalue weighted by atomic mass is 10.0. The zero-order chi connectivity index (χ0) is 13.7. The maximum atomic E-state index is 4.26. The van der Waals surface area contributed by atoms with Crippen molar-refractivity contribution in [3.63, 3.8) is 0 Å². The third kappa shape index (κ3) is 3.89. The molecule has 2 heterocycles. The van der Waals surface area contributed by atoms with Crippen molar-refractivity contribution in [1.29, 1.82) is 0 Å². The van der Waals surface area contributed by atoms with Gasteiger partial charge < -0.3 is 5.32 Å². The van der Waals surface area contributed by atoms with E-state index in [2.05, 4.69) is 40.7 Å². The van der Waals surface area contributed by atoms with E-state index in [1.807, 2.05) is 31.0 Å². The first-order valence-electron chi connectivity index (χ1n) is 6.82. The van der Waals surface area contributed by atoms with Crippen LogP contribution in [0.15, 0.2) is 30.7 Å². The minimum absolute atomic E-state index is 0.381. The molecule has 0 aromatic carbocycles. The molecule has 0 aliphatic heterocycles. The lowest BCUT2D eigenvalue weighted by Crippen LogP contribution is -2.21. The van der Waals surface area contributed by atoms with Crippen LogP contribution in [0.4, 0.5) is 0 Å². The Labute approximate surface area is 114 Å². The van der Waals surface area contributed by atoms with E-state index in [4.69, 9.17) is 0 Å². The van der Waals surface area contributed by atoms with Gasteiger partial charge in [-0.15, -0.1) is 0 Å². The number of hydrogen-bond donors (Lipinski definition) is 1. The lowest BCUT2D eigenvalue weighted by molar-refractivity contribution is 0.514. The Kier molecular flexibility index (Phi) is 4.68. The average Bonchev–Trinajstić information content (AvgIpc) is 2.80. The predicted octanol–water partition coefficient (Wildman–Crippen LogP) is 2.41. The zero-order valence-electron chi connectivity index (χ0n) is 11.9. The molecule has 1 N–H and O–H groups in total. The Balaban J connectivity index is 2.03. The fourth-order valence-corrected chi connectivity index (χ4v) is 2.33. The zero-order valence-corrected chi connectivity index (χ0v) is 11.9. The summed E-state index contributed by atoms with van der Waals surface area (Å²) in [5.74, 6) is 0. The summed E-state index contributed by atoms with van der Waals surface area (Å²) in [6.07, 6.45) is 8.02. The molecule has 4 heteroatoms. The van der Waals surface area contributed by atoms with Gasteiger partial charge in [-0.25, -0.2) is 0 Å². The van der Waals surface area contributed by atoms with Gasteiger partial charge in [-0.1, -0.05) is 6.92 Å². The number of nitrogens with zero attached hydrogens (tertiary/aromatic N) is 3. The molecule has 2 aromatic heterocycles. The second kappa shape index (κ2) is 6.48. The molecule has 0 amide bonds. The monoisotopic (exact) mass is 258 g/mol. The van der Waals surface area contributed by atoms with E-state index >= 15 is 0 Å². The molecular formula is C15H22N4. The van der Waals surface area contributed by atoms with Crippen LogP contribution in [0.3, 0.4) is 0 Å². The van der Waals surface area contributed by atoms with Crippen molar-refractivity contribution in [3.05, 3.63) is 47.5 Å². The van der Waals surface area contributed by atoms with Gasteiger partial charge in [0.05, 0.1) is 6.20 Å². The largest absolute Gasteiger partial charge is 0.310 e. The van der Waals surface area contributed by atoms with E-state index in [0.29, 0.717) is 6.04 Å². The van der Waals surface area contributed by atoms with Gasteiger partial charge in [0.15, 0.2) is 0 Å². The maximum Gasteiger partial charge on any atom is 0.0521 e. The van der Waals surface area contributed by atoms with Gasteiger partial charge in [-0.05, 0) is 49.6 Å². The molecule has 1 atom stereocenters. The standard InChI is InChI=1S/C15H22N4/c1-4-16-15(14-7-8-17-12(2)9-14)6-5-13-10-18-19(3)11-13/h7-11,15-16H,4-6H2,1-3H3. The van der Waals surface area contributed by atoms with Gasteiger partial charge in [0.25, 0.3) is 0 Å². The van der Waals surface area contributed by atoms with Crippen LogP contribution >= 0.6 is 0 Å². The molecule has 0 aliphatic carbocycles. The molecule has 0 radical (unpaired) electrons. The molecule has 2 aromatic rings. The van der Waals surface area contributed by atoms with E-state index < -0.39 is 0 Å². The van der Waals surface area contributed by atoms with Crippen LogP contribution in [-0.4, -0.2) is 21.3 Å². The fourth-order valence-electron chi connectivity index (χ4n) is 2.33. The van der Waals surface area contributed by atoms with Gasteiger partial charge in [0.1, 0.15) is 0 Å². The Morgan fingerprint density at radius 2 is 2.26 bits per heavy atom. The molecule has 2 rings (SSSR count). The number of rotatable bonds is 6. The smallest absolute Gasteiger partial charge is 0.0521 e. The van der Waals surface area contributed by atoms with Crippen LogP contribution < -0.4 is 5.32 Å². The van der Waals surface area contributed by atoms with Gasteiger partial charge in [-0.3, -0.25) is 9.67 Å². The second-order valence-electron chi connectivity index (χ2n) is 4.90. The Morgan fingerprint density at radius 1 is 1.42 bits per heavy atom. The van der Waals surface area contributed by atoms with Crippen molar-refractivity contribution >= 4 is 0 Å². The Bertz CT molecular complexity index is 518. The van der Waals surface area contributed by atoms with Crippen LogP contribution in [0, 0.1) is 6.92 Å². The van der Waals surface area contributed by atoms with Gasteiger partial charge in [0, 0.05) is 31.2 Å². The molecule has 0 spiro atoms. The quantitative estimate of drug-likeness (QED) is 0.865. The Hall–Kier alpha value is -1.68. The second-order valence-corrected chi connectivity index (χ2v) is 4.90. The van der Waals surface area contributed by atoms with Gasteiger partial charge in [0.2, 0.25) is 0 Å². The lowest BCUT2D eigenvalue weighted by Gasteiger charge is -2.18. The highest BCUT2D eigenvalue weighted by atomic mass is 15.2. The molecule has 0 saturated carbocycles. The number of pyridine rings is 1. The first kappa shape index (κ1) is 13.7. The minimum atomic E-state index is 0.381. The predicted molar refractivity (Wildman–Crippen MR) is 76.9 cm³/mol. The summed E-state index contributed by atoms with van der Waals surface area (Å²) in [5.41, 5.74) is 3.68. The molecule has 1 unspecified atom stereocenters. The fraction of sp³-hybridized carbons (Fsp3) is 0.467. The number of aryl methyl sites for hydroxylation is 3. The van der Waals surface area contributed by atoms with Crippen molar-refractivity contribution in [3.8, 4) is 0 Å². The molecule has 0 bridgehead atoms. The Morgan fingerprint density at radius 3 is 2.89 bits per heavy atom. The van der Waals surface area contributed by atoms with E-state index in [-0.39, 0.29) is 0 Å². The normalized spacial score (nSPS) is 12.6. The highest BCUT2D eigenvalue weighted by Crippen LogP contribution is 2.19. The molecule has 19 heavy (non-hydrogen) atoms. The summed E-state index contributed by atoms with van der Waals surface area (Å²) in [4.78, 5) is 4.26. The van der Waals surface area contributed by atoms with E-state index in [9.17, 15) is 0 Å². The maximum absolute atomic E-state index is 4.26. The van der Waals surface area contributed by atoms with Crippen molar-refractivity contribution in [1.82, 2.24) is 20.1 Å². The summed E-state index contributed by atoms with van der Waals surface area (Å²) < 4.78 is 1.86. The van der Waals surface area contributed by atoms with Crippen LogP contribution in [0.5, 0.6) is 0 Å². The summed E-state index contributed by atoms with van der Waals surface area (Å²) in [7, 11) is 1.96. The van der Waals surface area contributed by atoms with Gasteiger partial charge >= 0.3 is 0 Å². The summed E-state index contributed by atoms with van der Waals surface area (Å²) in [6, 6.07) is 4.65. The third-order valence-corrected chi connectivity index (χ3v) is 3.25. The summed E-state index contributed by atoms with van der Waals surface area (Å²) >= 11 is 0. The molecule has 0 fully saturated rings. The SMILES string of the molecule is CCNC(CCc1cnn(C)c1)c1ccnc(C)c1. The molecule has 0 saturated heterocycles. The van der Waals surface area contributed by atoms with Crippen molar-refractivity contribution in [2.75, 3.05) is 6.54 Å². The van der Waals surface area contributed by atoms with Crippen LogP contribution in [0.25, 0.3) is 0 Å². The molecule has 102 valence electrons. The molecule has 0 aliphatic rings. The van der Waals surface area contributed by atoms with Crippen LogP contribution in [-0.2, 0) is 13.5 Å². The first-order valence-corrected chi connectivity index (χ1v) is 6.82. The summed E-state index contributed by atoms with van der Waals surface area (Å²) in [6.45, 7) is 5.15. The highest BCUT2D eigenvalue weighted by molar-refractivity contribution is 5.20. The number of hydrogen-bond acceptors (Lipinski definition) is 3. The topological polar surface area (TPSA) is 42.7 Å². The van der Waals surface area contributed by atoms with E-state index in [0.717, 1.165) is 25.1 Å². The average molecular weight is 258 g/mol. The molecule has 4 nitrogen and oxygen atoms in total. The summed E-state index contributed by atoms with van der Waals surface area (Å²) in [5, 5.41) is 7.76. The van der Waals surface area contributed by atoms with Crippen molar-refractivity contribution in [2.24, 2.45) is 7.05 Å². The van der Waals surface area contributed by atoms with E-state index in [1.54, 1.807) is 0 Å². The van der Waals surface area contributed by atoms with E-state index in [1.165, 1.54) is 11.1 Å². The number of nitrogens with one attached hydrogen (secondary N) is 1. The minimum Gasteiger partial charge on any atom is -0.310 e.